The largest absolute Gasteiger partial charge is 0.348 e. The number of carbonyl (C=O) groups is 1. The van der Waals surface area contributed by atoms with Gasteiger partial charge < -0.3 is 15.6 Å². The molecule has 5 nitrogen and oxygen atoms in total. The lowest BCUT2D eigenvalue weighted by Crippen LogP contribution is -2.47. The number of aromatic nitrogens is 2. The number of hydrogen-bond donors (Lipinski definition) is 3. The third-order valence-corrected chi connectivity index (χ3v) is 3.38. The van der Waals surface area contributed by atoms with Gasteiger partial charge in [0.1, 0.15) is 5.82 Å². The Morgan fingerprint density at radius 2 is 2.21 bits per heavy atom. The van der Waals surface area contributed by atoms with Gasteiger partial charge in [-0.3, -0.25) is 4.79 Å². The second-order valence-corrected chi connectivity index (χ2v) is 4.66. The van der Waals surface area contributed by atoms with E-state index >= 15 is 0 Å². The van der Waals surface area contributed by atoms with E-state index in [1.54, 1.807) is 12.4 Å². The van der Waals surface area contributed by atoms with E-state index in [0.717, 1.165) is 18.8 Å². The normalized spacial score (nSPS) is 17.8. The molecule has 1 aromatic heterocycles. The molecule has 1 aliphatic rings. The molecule has 0 unspecified atom stereocenters. The number of nitrogens with one attached hydrogen (secondary N) is 3. The zero-order valence-corrected chi connectivity index (χ0v) is 10.5. The lowest BCUT2D eigenvalue weighted by atomic mass is 9.95. The van der Waals surface area contributed by atoms with E-state index in [1.807, 2.05) is 12.1 Å². The van der Waals surface area contributed by atoms with Crippen molar-refractivity contribution in [2.75, 3.05) is 0 Å². The van der Waals surface area contributed by atoms with Crippen molar-refractivity contribution in [3.8, 4) is 0 Å². The summed E-state index contributed by atoms with van der Waals surface area (Å²) in [6.07, 6.45) is 4.16. The highest BCUT2D eigenvalue weighted by molar-refractivity contribution is 5.82. The maximum absolute atomic E-state index is 12.1. The summed E-state index contributed by atoms with van der Waals surface area (Å²) in [4.78, 5) is 19.1. The van der Waals surface area contributed by atoms with Gasteiger partial charge in [0.2, 0.25) is 5.91 Å². The highest BCUT2D eigenvalue weighted by atomic mass is 16.2. The number of benzene rings is 1. The van der Waals surface area contributed by atoms with Crippen LogP contribution in [-0.4, -0.2) is 21.9 Å². The number of hydrogen-bond acceptors (Lipinski definition) is 3. The number of nitrogens with zero attached hydrogens (tertiary/aromatic N) is 1. The van der Waals surface area contributed by atoms with Gasteiger partial charge in [-0.1, -0.05) is 24.3 Å². The summed E-state index contributed by atoms with van der Waals surface area (Å²) in [7, 11) is 0. The van der Waals surface area contributed by atoms with Crippen LogP contribution in [0.4, 0.5) is 0 Å². The Morgan fingerprint density at radius 1 is 1.37 bits per heavy atom. The molecule has 0 radical (unpaired) electrons. The number of aromatic amines is 1. The molecule has 98 valence electrons. The first kappa shape index (κ1) is 11.9. The molecule has 5 heteroatoms. The quantitative estimate of drug-likeness (QED) is 0.758. The van der Waals surface area contributed by atoms with Crippen LogP contribution >= 0.6 is 0 Å². The van der Waals surface area contributed by atoms with Crippen LogP contribution in [0.25, 0.3) is 0 Å². The molecule has 0 aliphatic carbocycles. The van der Waals surface area contributed by atoms with Crippen LogP contribution in [0, 0.1) is 0 Å². The monoisotopic (exact) mass is 256 g/mol. The van der Waals surface area contributed by atoms with Crippen molar-refractivity contribution in [3.63, 3.8) is 0 Å². The molecule has 1 aromatic carbocycles. The van der Waals surface area contributed by atoms with E-state index in [4.69, 9.17) is 0 Å². The minimum absolute atomic E-state index is 0.0194. The zero-order valence-electron chi connectivity index (χ0n) is 10.5. The smallest absolute Gasteiger partial charge is 0.237 e. The van der Waals surface area contributed by atoms with Crippen molar-refractivity contribution < 1.29 is 4.79 Å². The van der Waals surface area contributed by atoms with Crippen molar-refractivity contribution in [2.24, 2.45) is 0 Å². The van der Waals surface area contributed by atoms with Crippen molar-refractivity contribution in [2.45, 2.75) is 25.6 Å². The molecule has 2 aromatic rings. The second-order valence-electron chi connectivity index (χ2n) is 4.66. The summed E-state index contributed by atoms with van der Waals surface area (Å²) in [6, 6.07) is 8.06. The Hall–Kier alpha value is -2.14. The number of rotatable bonds is 3. The zero-order chi connectivity index (χ0) is 13.1. The Morgan fingerprint density at radius 3 is 3.00 bits per heavy atom. The third kappa shape index (κ3) is 2.66. The standard InChI is InChI=1S/C14H16N4O/c19-14(18-9-13-15-5-6-16-13)12-7-10-3-1-2-4-11(10)8-17-12/h1-6,12,17H,7-9H2,(H,15,16)(H,18,19)/t12-/m1/s1. The van der Waals surface area contributed by atoms with Gasteiger partial charge in [-0.05, 0) is 17.5 Å². The van der Waals surface area contributed by atoms with Gasteiger partial charge >= 0.3 is 0 Å². The van der Waals surface area contributed by atoms with Crippen molar-refractivity contribution in [1.82, 2.24) is 20.6 Å². The molecule has 19 heavy (non-hydrogen) atoms. The average Bonchev–Trinajstić information content (AvgIpc) is 2.97. The fraction of sp³-hybridized carbons (Fsp3) is 0.286. The first-order chi connectivity index (χ1) is 9.33. The number of carbonyl (C=O) groups excluding carboxylic acids is 1. The summed E-state index contributed by atoms with van der Waals surface area (Å²) in [5.41, 5.74) is 2.52. The first-order valence-corrected chi connectivity index (χ1v) is 6.39. The van der Waals surface area contributed by atoms with Gasteiger partial charge in [0.25, 0.3) is 0 Å². The minimum Gasteiger partial charge on any atom is -0.348 e. The van der Waals surface area contributed by atoms with E-state index in [-0.39, 0.29) is 11.9 Å². The van der Waals surface area contributed by atoms with E-state index in [0.29, 0.717) is 6.54 Å². The SMILES string of the molecule is O=C(NCc1ncc[nH]1)[C@H]1Cc2ccccc2CN1. The maximum Gasteiger partial charge on any atom is 0.237 e. The van der Waals surface area contributed by atoms with Gasteiger partial charge in [0.05, 0.1) is 12.6 Å². The molecular formula is C14H16N4O. The third-order valence-electron chi connectivity index (χ3n) is 3.38. The highest BCUT2D eigenvalue weighted by Crippen LogP contribution is 2.16. The number of amides is 1. The molecule has 1 aliphatic heterocycles. The highest BCUT2D eigenvalue weighted by Gasteiger charge is 2.23. The summed E-state index contributed by atoms with van der Waals surface area (Å²) in [6.45, 7) is 1.18. The van der Waals surface area contributed by atoms with Crippen LogP contribution in [0.5, 0.6) is 0 Å². The number of imidazole rings is 1. The second kappa shape index (κ2) is 5.24. The first-order valence-electron chi connectivity index (χ1n) is 6.39. The topological polar surface area (TPSA) is 69.8 Å². The van der Waals surface area contributed by atoms with Crippen molar-refractivity contribution in [3.05, 3.63) is 53.6 Å². The van der Waals surface area contributed by atoms with E-state index in [1.165, 1.54) is 11.1 Å². The van der Waals surface area contributed by atoms with Crippen LogP contribution in [0.1, 0.15) is 17.0 Å². The van der Waals surface area contributed by atoms with Crippen LogP contribution in [0.2, 0.25) is 0 Å². The molecule has 1 atom stereocenters. The summed E-state index contributed by atoms with van der Waals surface area (Å²) < 4.78 is 0. The van der Waals surface area contributed by atoms with Crippen LogP contribution < -0.4 is 10.6 Å². The number of fused-ring (bicyclic) bond motifs is 1. The Kier molecular flexibility index (Phi) is 3.29. The Balaban J connectivity index is 1.60. The van der Waals surface area contributed by atoms with Crippen molar-refractivity contribution >= 4 is 5.91 Å². The summed E-state index contributed by atoms with van der Waals surface area (Å²) in [5, 5.41) is 6.15. The number of H-pyrrole nitrogens is 1. The fourth-order valence-corrected chi connectivity index (χ4v) is 2.33. The fourth-order valence-electron chi connectivity index (χ4n) is 2.33. The Bertz CT molecular complexity index is 565. The molecule has 3 rings (SSSR count). The van der Waals surface area contributed by atoms with Gasteiger partial charge in [-0.25, -0.2) is 4.98 Å². The lowest BCUT2D eigenvalue weighted by molar-refractivity contribution is -0.123. The molecule has 0 bridgehead atoms. The molecule has 0 spiro atoms. The van der Waals surface area contributed by atoms with Gasteiger partial charge in [-0.2, -0.15) is 0 Å². The predicted molar refractivity (Wildman–Crippen MR) is 71.2 cm³/mol. The molecule has 0 fully saturated rings. The molecular weight excluding hydrogens is 240 g/mol. The van der Waals surface area contributed by atoms with Crippen molar-refractivity contribution in [1.29, 1.82) is 0 Å². The van der Waals surface area contributed by atoms with E-state index in [9.17, 15) is 4.79 Å². The van der Waals surface area contributed by atoms with Gasteiger partial charge in [0.15, 0.2) is 0 Å². The summed E-state index contributed by atoms with van der Waals surface area (Å²) >= 11 is 0. The average molecular weight is 256 g/mol. The van der Waals surface area contributed by atoms with Gasteiger partial charge in [-0.15, -0.1) is 0 Å². The molecule has 0 saturated heterocycles. The van der Waals surface area contributed by atoms with Gasteiger partial charge in [0, 0.05) is 18.9 Å². The molecule has 0 saturated carbocycles. The minimum atomic E-state index is -0.162. The molecule has 2 heterocycles. The van der Waals surface area contributed by atoms with E-state index < -0.39 is 0 Å². The molecule has 1 amide bonds. The summed E-state index contributed by atoms with van der Waals surface area (Å²) in [5.74, 6) is 0.787. The lowest BCUT2D eigenvalue weighted by Gasteiger charge is -2.25. The van der Waals surface area contributed by atoms with Crippen LogP contribution in [0.3, 0.4) is 0 Å². The Labute approximate surface area is 111 Å². The van der Waals surface area contributed by atoms with E-state index in [2.05, 4.69) is 32.7 Å². The maximum atomic E-state index is 12.1. The van der Waals surface area contributed by atoms with Crippen LogP contribution in [-0.2, 0) is 24.3 Å². The predicted octanol–water partition coefficient (Wildman–Crippen LogP) is 0.740. The van der Waals surface area contributed by atoms with Crippen LogP contribution in [0.15, 0.2) is 36.7 Å². The molecule has 3 N–H and O–H groups in total.